The van der Waals surface area contributed by atoms with Gasteiger partial charge in [-0.15, -0.1) is 0 Å². The number of hydrogen-bond acceptors (Lipinski definition) is 4. The Morgan fingerprint density at radius 2 is 1.71 bits per heavy atom. The number of hydrogen-bond donors (Lipinski definition) is 1. The van der Waals surface area contributed by atoms with Crippen LogP contribution in [0.25, 0.3) is 0 Å². The van der Waals surface area contributed by atoms with Crippen molar-refractivity contribution in [2.24, 2.45) is 0 Å². The normalized spacial score (nSPS) is 16.0. The second kappa shape index (κ2) is 7.97. The van der Waals surface area contributed by atoms with Crippen LogP contribution in [-0.2, 0) is 11.2 Å². The number of esters is 1. The second-order valence-electron chi connectivity index (χ2n) is 6.30. The summed E-state index contributed by atoms with van der Waals surface area (Å²) in [6.07, 6.45) is 2.88. The second-order valence-corrected chi connectivity index (χ2v) is 6.30. The Balaban J connectivity index is 1.42. The summed E-state index contributed by atoms with van der Waals surface area (Å²) in [6, 6.07) is 17.4. The van der Waals surface area contributed by atoms with Crippen LogP contribution in [0.5, 0.6) is 0 Å². The van der Waals surface area contributed by atoms with Crippen molar-refractivity contribution in [1.29, 1.82) is 0 Å². The molecule has 4 heteroatoms. The monoisotopic (exact) mass is 324 g/mol. The number of anilines is 1. The topological polar surface area (TPSA) is 55.6 Å². The van der Waals surface area contributed by atoms with Gasteiger partial charge in [-0.25, -0.2) is 4.79 Å². The Hall–Kier alpha value is -2.33. The van der Waals surface area contributed by atoms with Crippen LogP contribution in [0.2, 0.25) is 0 Å². The smallest absolute Gasteiger partial charge is 0.338 e. The highest BCUT2D eigenvalue weighted by atomic mass is 16.5. The summed E-state index contributed by atoms with van der Waals surface area (Å²) >= 11 is 0. The zero-order valence-corrected chi connectivity index (χ0v) is 13.9. The molecule has 4 nitrogen and oxygen atoms in total. The number of rotatable bonds is 5. The van der Waals surface area contributed by atoms with Gasteiger partial charge in [-0.2, -0.15) is 0 Å². The van der Waals surface area contributed by atoms with Crippen molar-refractivity contribution >= 4 is 11.7 Å². The largest absolute Gasteiger partial charge is 0.459 e. The lowest BCUT2D eigenvalue weighted by Gasteiger charge is -2.31. The number of nitrogen functional groups attached to an aromatic ring is 1. The van der Waals surface area contributed by atoms with Gasteiger partial charge >= 0.3 is 5.97 Å². The van der Waals surface area contributed by atoms with Crippen LogP contribution in [0.4, 0.5) is 5.69 Å². The van der Waals surface area contributed by atoms with Crippen molar-refractivity contribution in [3.63, 3.8) is 0 Å². The fraction of sp³-hybridized carbons (Fsp3) is 0.350. The van der Waals surface area contributed by atoms with Crippen molar-refractivity contribution in [3.8, 4) is 0 Å². The van der Waals surface area contributed by atoms with E-state index in [9.17, 15) is 4.79 Å². The molecule has 1 aliphatic heterocycles. The van der Waals surface area contributed by atoms with Gasteiger partial charge in [0.05, 0.1) is 5.56 Å². The first-order valence-electron chi connectivity index (χ1n) is 8.53. The summed E-state index contributed by atoms with van der Waals surface area (Å²) in [4.78, 5) is 14.6. The van der Waals surface area contributed by atoms with Gasteiger partial charge in [0.25, 0.3) is 0 Å². The average Bonchev–Trinajstić information content (AvgIpc) is 2.62. The third-order valence-corrected chi connectivity index (χ3v) is 4.51. The van der Waals surface area contributed by atoms with E-state index in [0.29, 0.717) is 11.3 Å². The molecular formula is C20H24N2O2. The molecular weight excluding hydrogens is 300 g/mol. The third kappa shape index (κ3) is 4.59. The number of nitrogens with zero attached hydrogens (tertiary/aromatic N) is 1. The van der Waals surface area contributed by atoms with E-state index >= 15 is 0 Å². The van der Waals surface area contributed by atoms with Gasteiger partial charge in [-0.3, -0.25) is 0 Å². The van der Waals surface area contributed by atoms with E-state index in [4.69, 9.17) is 10.5 Å². The van der Waals surface area contributed by atoms with E-state index in [0.717, 1.165) is 38.9 Å². The third-order valence-electron chi connectivity index (χ3n) is 4.51. The molecule has 3 rings (SSSR count). The Morgan fingerprint density at radius 3 is 2.38 bits per heavy atom. The van der Waals surface area contributed by atoms with E-state index in [1.165, 1.54) is 5.56 Å². The first-order valence-corrected chi connectivity index (χ1v) is 8.53. The molecule has 0 aliphatic carbocycles. The summed E-state index contributed by atoms with van der Waals surface area (Å²) in [5.74, 6) is -0.252. The van der Waals surface area contributed by atoms with E-state index in [1.54, 1.807) is 24.3 Å². The number of carbonyl (C=O) groups excluding carboxylic acids is 1. The SMILES string of the molecule is Nc1ccc(C(=O)OC2CCN(CCc3ccccc3)CC2)cc1. The Kier molecular flexibility index (Phi) is 5.49. The van der Waals surface area contributed by atoms with Gasteiger partial charge in [-0.1, -0.05) is 30.3 Å². The molecule has 0 unspecified atom stereocenters. The van der Waals surface area contributed by atoms with Crippen LogP contribution in [-0.4, -0.2) is 36.6 Å². The average molecular weight is 324 g/mol. The quantitative estimate of drug-likeness (QED) is 0.678. The molecule has 0 amide bonds. The number of piperidine rings is 1. The Morgan fingerprint density at radius 1 is 1.04 bits per heavy atom. The predicted octanol–water partition coefficient (Wildman–Crippen LogP) is 3.13. The van der Waals surface area contributed by atoms with Gasteiger partial charge in [0.1, 0.15) is 6.10 Å². The Labute approximate surface area is 143 Å². The van der Waals surface area contributed by atoms with Gasteiger partial charge in [0.2, 0.25) is 0 Å². The number of benzene rings is 2. The van der Waals surface area contributed by atoms with Crippen LogP contribution < -0.4 is 5.73 Å². The molecule has 0 spiro atoms. The van der Waals surface area contributed by atoms with Crippen LogP contribution >= 0.6 is 0 Å². The van der Waals surface area contributed by atoms with E-state index in [2.05, 4.69) is 29.2 Å². The maximum atomic E-state index is 12.1. The molecule has 0 saturated carbocycles. The van der Waals surface area contributed by atoms with Gasteiger partial charge < -0.3 is 15.4 Å². The minimum absolute atomic E-state index is 0.0167. The maximum absolute atomic E-state index is 12.1. The van der Waals surface area contributed by atoms with Crippen molar-refractivity contribution in [2.45, 2.75) is 25.4 Å². The predicted molar refractivity (Wildman–Crippen MR) is 95.9 cm³/mol. The van der Waals surface area contributed by atoms with Crippen molar-refractivity contribution in [3.05, 3.63) is 65.7 Å². The molecule has 2 aromatic carbocycles. The fourth-order valence-corrected chi connectivity index (χ4v) is 3.02. The van der Waals surface area contributed by atoms with Crippen LogP contribution in [0.1, 0.15) is 28.8 Å². The van der Waals surface area contributed by atoms with Crippen LogP contribution in [0.15, 0.2) is 54.6 Å². The van der Waals surface area contributed by atoms with Gasteiger partial charge in [-0.05, 0) is 49.1 Å². The summed E-state index contributed by atoms with van der Waals surface area (Å²) in [7, 11) is 0. The lowest BCUT2D eigenvalue weighted by molar-refractivity contribution is 0.0115. The number of likely N-dealkylation sites (tertiary alicyclic amines) is 1. The molecule has 1 heterocycles. The summed E-state index contributed by atoms with van der Waals surface area (Å²) in [5.41, 5.74) is 8.23. The highest BCUT2D eigenvalue weighted by Crippen LogP contribution is 2.17. The molecule has 0 aromatic heterocycles. The van der Waals surface area contributed by atoms with Gasteiger partial charge in [0.15, 0.2) is 0 Å². The molecule has 1 saturated heterocycles. The summed E-state index contributed by atoms with van der Waals surface area (Å²) in [5, 5.41) is 0. The minimum Gasteiger partial charge on any atom is -0.459 e. The lowest BCUT2D eigenvalue weighted by atomic mass is 10.1. The standard InChI is InChI=1S/C20H24N2O2/c21-18-8-6-17(7-9-18)20(23)24-19-11-14-22(15-12-19)13-10-16-4-2-1-3-5-16/h1-9,19H,10-15,21H2. The molecule has 126 valence electrons. The van der Waals surface area contributed by atoms with Crippen molar-refractivity contribution < 1.29 is 9.53 Å². The number of nitrogens with two attached hydrogens (primary N) is 1. The summed E-state index contributed by atoms with van der Waals surface area (Å²) < 4.78 is 5.62. The summed E-state index contributed by atoms with van der Waals surface area (Å²) in [6.45, 7) is 3.02. The molecule has 0 atom stereocenters. The first kappa shape index (κ1) is 16.5. The molecule has 2 aromatic rings. The maximum Gasteiger partial charge on any atom is 0.338 e. The number of carbonyl (C=O) groups is 1. The van der Waals surface area contributed by atoms with Crippen molar-refractivity contribution in [1.82, 2.24) is 4.90 Å². The van der Waals surface area contributed by atoms with Crippen LogP contribution in [0.3, 0.4) is 0 Å². The Bertz CT molecular complexity index is 647. The van der Waals surface area contributed by atoms with Gasteiger partial charge in [0, 0.05) is 25.3 Å². The zero-order chi connectivity index (χ0) is 16.8. The highest BCUT2D eigenvalue weighted by molar-refractivity contribution is 5.89. The minimum atomic E-state index is -0.252. The van der Waals surface area contributed by atoms with Crippen molar-refractivity contribution in [2.75, 3.05) is 25.4 Å². The lowest BCUT2D eigenvalue weighted by Crippen LogP contribution is -2.38. The van der Waals surface area contributed by atoms with Crippen LogP contribution in [0, 0.1) is 0 Å². The zero-order valence-electron chi connectivity index (χ0n) is 13.9. The fourth-order valence-electron chi connectivity index (χ4n) is 3.02. The first-order chi connectivity index (χ1) is 11.7. The molecule has 24 heavy (non-hydrogen) atoms. The molecule has 0 bridgehead atoms. The highest BCUT2D eigenvalue weighted by Gasteiger charge is 2.22. The molecule has 0 radical (unpaired) electrons. The molecule has 2 N–H and O–H groups in total. The van der Waals surface area contributed by atoms with E-state index in [1.807, 2.05) is 6.07 Å². The molecule has 1 aliphatic rings. The number of ether oxygens (including phenoxy) is 1. The van der Waals surface area contributed by atoms with E-state index < -0.39 is 0 Å². The van der Waals surface area contributed by atoms with E-state index in [-0.39, 0.29) is 12.1 Å². The molecule has 1 fully saturated rings.